The van der Waals surface area contributed by atoms with Gasteiger partial charge in [-0.15, -0.1) is 0 Å². The first-order valence-electron chi connectivity index (χ1n) is 13.3. The molecule has 0 N–H and O–H groups in total. The van der Waals surface area contributed by atoms with Crippen molar-refractivity contribution in [1.82, 2.24) is 0 Å². The SMILES string of the molecule is CC(C)(C)c1ccc2c(c1)C(C1(C3C=CC=C3)CCc3ccccc31)c1cc(C(C)(C)C)ccc1-2. The summed E-state index contributed by atoms with van der Waals surface area (Å²) in [6, 6.07) is 24.0. The van der Waals surface area contributed by atoms with Crippen molar-refractivity contribution in [3.05, 3.63) is 118 Å². The zero-order chi connectivity index (χ0) is 24.6. The maximum absolute atomic E-state index is 2.56. The molecule has 1 unspecified atom stereocenters. The smallest absolute Gasteiger partial charge is 0.0208 e. The molecule has 0 saturated heterocycles. The van der Waals surface area contributed by atoms with Crippen LogP contribution in [0, 0.1) is 5.92 Å². The zero-order valence-electron chi connectivity index (χ0n) is 22.2. The van der Waals surface area contributed by atoms with Crippen LogP contribution in [0.4, 0.5) is 0 Å². The number of hydrogen-bond donors (Lipinski definition) is 0. The van der Waals surface area contributed by atoms with Gasteiger partial charge < -0.3 is 0 Å². The molecular formula is C35H38. The fraction of sp³-hybridized carbons (Fsp3) is 0.371. The maximum atomic E-state index is 2.56. The van der Waals surface area contributed by atoms with Crippen LogP contribution in [0.5, 0.6) is 0 Å². The minimum atomic E-state index is 0.0348. The molecule has 0 bridgehead atoms. The summed E-state index contributed by atoms with van der Waals surface area (Å²) in [4.78, 5) is 0. The fourth-order valence-electron chi connectivity index (χ4n) is 7.03. The van der Waals surface area contributed by atoms with Gasteiger partial charge in [0.1, 0.15) is 0 Å². The van der Waals surface area contributed by atoms with Crippen LogP contribution in [0.1, 0.15) is 87.3 Å². The van der Waals surface area contributed by atoms with E-state index in [-0.39, 0.29) is 16.2 Å². The van der Waals surface area contributed by atoms with Crippen molar-refractivity contribution in [3.8, 4) is 11.1 Å². The number of aryl methyl sites for hydroxylation is 1. The third-order valence-electron chi connectivity index (χ3n) is 8.93. The van der Waals surface area contributed by atoms with Crippen molar-refractivity contribution in [2.75, 3.05) is 0 Å². The molecular weight excluding hydrogens is 420 g/mol. The van der Waals surface area contributed by atoms with Crippen LogP contribution >= 0.6 is 0 Å². The summed E-state index contributed by atoms with van der Waals surface area (Å²) in [6.07, 6.45) is 11.8. The van der Waals surface area contributed by atoms with Gasteiger partial charge in [0.2, 0.25) is 0 Å². The van der Waals surface area contributed by atoms with Crippen LogP contribution in [0.25, 0.3) is 11.1 Å². The van der Waals surface area contributed by atoms with Crippen LogP contribution in [0.15, 0.2) is 85.0 Å². The van der Waals surface area contributed by atoms with Crippen molar-refractivity contribution in [2.24, 2.45) is 5.92 Å². The molecule has 3 aliphatic rings. The first-order chi connectivity index (χ1) is 16.6. The Morgan fingerprint density at radius 1 is 0.686 bits per heavy atom. The van der Waals surface area contributed by atoms with Crippen LogP contribution in [-0.4, -0.2) is 0 Å². The predicted octanol–water partition coefficient (Wildman–Crippen LogP) is 9.02. The Bertz CT molecular complexity index is 1290. The van der Waals surface area contributed by atoms with Gasteiger partial charge in [-0.2, -0.15) is 0 Å². The molecule has 3 aromatic rings. The Morgan fingerprint density at radius 2 is 1.23 bits per heavy atom. The number of rotatable bonds is 2. The van der Waals surface area contributed by atoms with E-state index in [1.54, 1.807) is 5.56 Å². The summed E-state index contributed by atoms with van der Waals surface area (Å²) in [7, 11) is 0. The van der Waals surface area contributed by atoms with Crippen molar-refractivity contribution >= 4 is 0 Å². The van der Waals surface area contributed by atoms with E-state index >= 15 is 0 Å². The summed E-state index contributed by atoms with van der Waals surface area (Å²) in [5, 5.41) is 0. The molecule has 6 rings (SSSR count). The quantitative estimate of drug-likeness (QED) is 0.359. The molecule has 178 valence electrons. The minimum absolute atomic E-state index is 0.0348. The average molecular weight is 459 g/mol. The lowest BCUT2D eigenvalue weighted by molar-refractivity contribution is 0.323. The van der Waals surface area contributed by atoms with E-state index in [0.717, 1.165) is 6.42 Å². The Hall–Kier alpha value is -2.86. The largest absolute Gasteiger partial charge is 0.0767 e. The molecule has 1 atom stereocenters. The zero-order valence-corrected chi connectivity index (χ0v) is 22.2. The second kappa shape index (κ2) is 7.57. The van der Waals surface area contributed by atoms with Crippen molar-refractivity contribution < 1.29 is 0 Å². The summed E-state index contributed by atoms with van der Waals surface area (Å²) in [5.41, 5.74) is 12.2. The molecule has 0 saturated carbocycles. The third-order valence-corrected chi connectivity index (χ3v) is 8.93. The molecule has 0 aromatic heterocycles. The lowest BCUT2D eigenvalue weighted by Crippen LogP contribution is -2.37. The molecule has 0 heteroatoms. The topological polar surface area (TPSA) is 0 Å². The van der Waals surface area contributed by atoms with Gasteiger partial charge in [0.25, 0.3) is 0 Å². The monoisotopic (exact) mass is 458 g/mol. The summed E-state index contributed by atoms with van der Waals surface area (Å²) in [6.45, 7) is 14.0. The van der Waals surface area contributed by atoms with Gasteiger partial charge in [0, 0.05) is 17.3 Å². The van der Waals surface area contributed by atoms with E-state index in [0.29, 0.717) is 11.8 Å². The van der Waals surface area contributed by atoms with Crippen molar-refractivity contribution in [3.63, 3.8) is 0 Å². The molecule has 0 aliphatic heterocycles. The van der Waals surface area contributed by atoms with Gasteiger partial charge in [0.15, 0.2) is 0 Å². The highest BCUT2D eigenvalue weighted by Gasteiger charge is 2.53. The first kappa shape index (κ1) is 22.6. The Balaban J connectivity index is 1.68. The summed E-state index contributed by atoms with van der Waals surface area (Å²) >= 11 is 0. The second-order valence-electron chi connectivity index (χ2n) is 13.0. The summed E-state index contributed by atoms with van der Waals surface area (Å²) < 4.78 is 0. The van der Waals surface area contributed by atoms with Crippen molar-refractivity contribution in [1.29, 1.82) is 0 Å². The number of fused-ring (bicyclic) bond motifs is 4. The lowest BCUT2D eigenvalue weighted by atomic mass is 9.60. The van der Waals surface area contributed by atoms with E-state index < -0.39 is 0 Å². The average Bonchev–Trinajstić information content (AvgIpc) is 3.54. The van der Waals surface area contributed by atoms with Crippen LogP contribution in [-0.2, 0) is 22.7 Å². The van der Waals surface area contributed by atoms with Gasteiger partial charge in [-0.3, -0.25) is 0 Å². The third kappa shape index (κ3) is 3.33. The molecule has 0 amide bonds. The highest BCUT2D eigenvalue weighted by molar-refractivity contribution is 5.81. The highest BCUT2D eigenvalue weighted by Crippen LogP contribution is 2.62. The van der Waals surface area contributed by atoms with E-state index in [1.807, 2.05) is 0 Å². The van der Waals surface area contributed by atoms with E-state index in [1.165, 1.54) is 45.4 Å². The molecule has 3 aromatic carbocycles. The van der Waals surface area contributed by atoms with Gasteiger partial charge in [-0.25, -0.2) is 0 Å². The van der Waals surface area contributed by atoms with E-state index in [9.17, 15) is 0 Å². The van der Waals surface area contributed by atoms with Crippen molar-refractivity contribution in [2.45, 2.75) is 76.5 Å². The molecule has 0 radical (unpaired) electrons. The summed E-state index contributed by atoms with van der Waals surface area (Å²) in [5.74, 6) is 0.754. The number of allylic oxidation sites excluding steroid dienone is 4. The normalized spacial score (nSPS) is 21.4. The minimum Gasteiger partial charge on any atom is -0.0767 e. The molecule has 0 nitrogen and oxygen atoms in total. The molecule has 0 spiro atoms. The molecule has 35 heavy (non-hydrogen) atoms. The Labute approximate surface area is 211 Å². The predicted molar refractivity (Wildman–Crippen MR) is 149 cm³/mol. The molecule has 0 fully saturated rings. The van der Waals surface area contributed by atoms with E-state index in [4.69, 9.17) is 0 Å². The number of hydrogen-bond acceptors (Lipinski definition) is 0. The van der Waals surface area contributed by atoms with Crippen LogP contribution in [0.2, 0.25) is 0 Å². The fourth-order valence-corrected chi connectivity index (χ4v) is 7.03. The molecule has 0 heterocycles. The van der Waals surface area contributed by atoms with Crippen LogP contribution in [0.3, 0.4) is 0 Å². The maximum Gasteiger partial charge on any atom is 0.0208 e. The Morgan fingerprint density at radius 3 is 1.77 bits per heavy atom. The highest BCUT2D eigenvalue weighted by atomic mass is 14.6. The van der Waals surface area contributed by atoms with Crippen LogP contribution < -0.4 is 0 Å². The molecule has 3 aliphatic carbocycles. The second-order valence-corrected chi connectivity index (χ2v) is 13.0. The van der Waals surface area contributed by atoms with E-state index in [2.05, 4.69) is 127 Å². The number of benzene rings is 3. The lowest BCUT2D eigenvalue weighted by Gasteiger charge is -2.42. The van der Waals surface area contributed by atoms with Gasteiger partial charge in [0.05, 0.1) is 0 Å². The Kier molecular flexibility index (Phi) is 4.89. The first-order valence-corrected chi connectivity index (χ1v) is 13.3. The van der Waals surface area contributed by atoms with Gasteiger partial charge in [-0.05, 0) is 68.2 Å². The van der Waals surface area contributed by atoms with Gasteiger partial charge in [-0.1, -0.05) is 127 Å². The standard InChI is InChI=1S/C35H38/c1-33(2,3)25-15-17-27-28-18-16-26(34(4,5)6)22-30(28)32(29(27)21-25)35(24-12-8-9-13-24)20-19-23-11-7-10-14-31(23)35/h7-18,21-22,24,32H,19-20H2,1-6H3. The van der Waals surface area contributed by atoms with Gasteiger partial charge >= 0.3 is 0 Å².